The molecule has 1 amide bonds. The van der Waals surface area contributed by atoms with Crippen molar-refractivity contribution in [2.45, 2.75) is 44.6 Å². The number of sulfonamides is 1. The highest BCUT2D eigenvalue weighted by Crippen LogP contribution is 2.26. The molecule has 2 fully saturated rings. The number of carbonyl (C=O) groups excluding carboxylic acids is 1. The molecule has 8 heteroatoms. The van der Waals surface area contributed by atoms with Gasteiger partial charge in [0.25, 0.3) is 0 Å². The average molecular weight is 340 g/mol. The van der Waals surface area contributed by atoms with Crippen molar-refractivity contribution in [3.63, 3.8) is 0 Å². The van der Waals surface area contributed by atoms with Gasteiger partial charge in [-0.2, -0.15) is 4.31 Å². The third kappa shape index (κ3) is 5.09. The summed E-state index contributed by atoms with van der Waals surface area (Å²) in [6.07, 6.45) is 6.45. The molecule has 1 aliphatic heterocycles. The molecule has 0 radical (unpaired) electrons. The van der Waals surface area contributed by atoms with Gasteiger partial charge in [0.2, 0.25) is 15.9 Å². The quantitative estimate of drug-likeness (QED) is 0.761. The van der Waals surface area contributed by atoms with Crippen LogP contribution in [0.1, 0.15) is 38.5 Å². The Kier molecular flexibility index (Phi) is 7.39. The van der Waals surface area contributed by atoms with E-state index in [9.17, 15) is 13.2 Å². The molecule has 21 heavy (non-hydrogen) atoms. The summed E-state index contributed by atoms with van der Waals surface area (Å²) < 4.78 is 24.6. The summed E-state index contributed by atoms with van der Waals surface area (Å²) in [7, 11) is -3.21. The standard InChI is InChI=1S/C13H25N3O3S.ClH/c14-9-12(11-5-2-1-3-6-11)15-13(17)10-16-7-4-8-20(16,18)19;/h11-12H,1-10,14H2,(H,15,17);1H. The molecule has 0 bridgehead atoms. The number of amides is 1. The van der Waals surface area contributed by atoms with Crippen molar-refractivity contribution in [2.75, 3.05) is 25.4 Å². The van der Waals surface area contributed by atoms with E-state index in [0.29, 0.717) is 25.4 Å². The predicted molar refractivity (Wildman–Crippen MR) is 84.8 cm³/mol. The number of hydrogen-bond acceptors (Lipinski definition) is 4. The summed E-state index contributed by atoms with van der Waals surface area (Å²) in [5.41, 5.74) is 5.77. The number of nitrogens with one attached hydrogen (secondary N) is 1. The minimum absolute atomic E-state index is 0. The number of carbonyl (C=O) groups is 1. The van der Waals surface area contributed by atoms with E-state index >= 15 is 0 Å². The summed E-state index contributed by atoms with van der Waals surface area (Å²) in [4.78, 5) is 12.0. The summed E-state index contributed by atoms with van der Waals surface area (Å²) in [6.45, 7) is 0.807. The normalized spacial score (nSPS) is 24.2. The van der Waals surface area contributed by atoms with Gasteiger partial charge in [0.15, 0.2) is 0 Å². The van der Waals surface area contributed by atoms with E-state index in [1.54, 1.807) is 0 Å². The Labute approximate surface area is 133 Å². The molecule has 6 nitrogen and oxygen atoms in total. The lowest BCUT2D eigenvalue weighted by Crippen LogP contribution is -2.49. The molecule has 1 unspecified atom stereocenters. The van der Waals surface area contributed by atoms with Crippen LogP contribution in [0.25, 0.3) is 0 Å². The zero-order chi connectivity index (χ0) is 14.6. The van der Waals surface area contributed by atoms with E-state index in [1.807, 2.05) is 0 Å². The fourth-order valence-corrected chi connectivity index (χ4v) is 4.66. The Bertz CT molecular complexity index is 438. The molecule has 1 heterocycles. The van der Waals surface area contributed by atoms with E-state index in [4.69, 9.17) is 5.73 Å². The molecular formula is C13H26ClN3O3S. The third-order valence-corrected chi connectivity index (χ3v) is 6.25. The fraction of sp³-hybridized carbons (Fsp3) is 0.923. The van der Waals surface area contributed by atoms with Crippen molar-refractivity contribution < 1.29 is 13.2 Å². The van der Waals surface area contributed by atoms with Crippen LogP contribution in [-0.4, -0.2) is 50.1 Å². The van der Waals surface area contributed by atoms with Gasteiger partial charge in [0, 0.05) is 19.1 Å². The van der Waals surface area contributed by atoms with Gasteiger partial charge in [-0.15, -0.1) is 12.4 Å². The van der Waals surface area contributed by atoms with Gasteiger partial charge in [0.05, 0.1) is 12.3 Å². The summed E-state index contributed by atoms with van der Waals surface area (Å²) in [5, 5.41) is 2.93. The van der Waals surface area contributed by atoms with Gasteiger partial charge < -0.3 is 11.1 Å². The molecule has 1 saturated carbocycles. The largest absolute Gasteiger partial charge is 0.351 e. The van der Waals surface area contributed by atoms with Gasteiger partial charge in [0.1, 0.15) is 0 Å². The van der Waals surface area contributed by atoms with Crippen LogP contribution in [0, 0.1) is 5.92 Å². The van der Waals surface area contributed by atoms with Crippen molar-refractivity contribution >= 4 is 28.3 Å². The van der Waals surface area contributed by atoms with Crippen LogP contribution in [-0.2, 0) is 14.8 Å². The molecule has 0 aromatic rings. The maximum absolute atomic E-state index is 12.0. The highest BCUT2D eigenvalue weighted by Gasteiger charge is 2.31. The second-order valence-electron chi connectivity index (χ2n) is 5.81. The molecule has 0 spiro atoms. The molecule has 2 rings (SSSR count). The Morgan fingerprint density at radius 3 is 2.43 bits per heavy atom. The van der Waals surface area contributed by atoms with Crippen LogP contribution in [0.5, 0.6) is 0 Å². The number of halogens is 1. The monoisotopic (exact) mass is 339 g/mol. The van der Waals surface area contributed by atoms with Crippen LogP contribution in [0.3, 0.4) is 0 Å². The van der Waals surface area contributed by atoms with Crippen molar-refractivity contribution in [3.05, 3.63) is 0 Å². The SMILES string of the molecule is Cl.NCC(NC(=O)CN1CCCS1(=O)=O)C1CCCCC1. The fourth-order valence-electron chi connectivity index (χ4n) is 3.19. The predicted octanol–water partition coefficient (Wildman–Crippen LogP) is 0.467. The first-order chi connectivity index (χ1) is 9.53. The molecule has 1 saturated heterocycles. The van der Waals surface area contributed by atoms with E-state index < -0.39 is 10.0 Å². The minimum atomic E-state index is -3.21. The lowest BCUT2D eigenvalue weighted by molar-refractivity contribution is -0.122. The molecule has 124 valence electrons. The van der Waals surface area contributed by atoms with Crippen LogP contribution < -0.4 is 11.1 Å². The zero-order valence-corrected chi connectivity index (χ0v) is 13.9. The summed E-state index contributed by atoms with van der Waals surface area (Å²) >= 11 is 0. The van der Waals surface area contributed by atoms with Crippen LogP contribution >= 0.6 is 12.4 Å². The van der Waals surface area contributed by atoms with Gasteiger partial charge in [-0.25, -0.2) is 8.42 Å². The van der Waals surface area contributed by atoms with Gasteiger partial charge in [-0.05, 0) is 25.2 Å². The summed E-state index contributed by atoms with van der Waals surface area (Å²) in [5.74, 6) is 0.368. The Morgan fingerprint density at radius 2 is 1.90 bits per heavy atom. The lowest BCUT2D eigenvalue weighted by atomic mass is 9.84. The first-order valence-corrected chi connectivity index (χ1v) is 9.11. The van der Waals surface area contributed by atoms with Crippen LogP contribution in [0.2, 0.25) is 0 Å². The molecule has 3 N–H and O–H groups in total. The average Bonchev–Trinajstić information content (AvgIpc) is 2.76. The molecule has 1 atom stereocenters. The minimum Gasteiger partial charge on any atom is -0.351 e. The first-order valence-electron chi connectivity index (χ1n) is 7.50. The van der Waals surface area contributed by atoms with E-state index in [2.05, 4.69) is 5.32 Å². The van der Waals surface area contributed by atoms with E-state index in [-0.39, 0.29) is 36.7 Å². The number of rotatable bonds is 5. The third-order valence-electron chi connectivity index (χ3n) is 4.34. The smallest absolute Gasteiger partial charge is 0.235 e. The maximum Gasteiger partial charge on any atom is 0.235 e. The lowest BCUT2D eigenvalue weighted by Gasteiger charge is -2.30. The highest BCUT2D eigenvalue weighted by atomic mass is 35.5. The molecule has 0 aromatic carbocycles. The van der Waals surface area contributed by atoms with Crippen molar-refractivity contribution in [2.24, 2.45) is 11.7 Å². The molecule has 1 aliphatic carbocycles. The van der Waals surface area contributed by atoms with Crippen molar-refractivity contribution in [1.29, 1.82) is 0 Å². The van der Waals surface area contributed by atoms with E-state index in [1.165, 1.54) is 23.6 Å². The van der Waals surface area contributed by atoms with Gasteiger partial charge >= 0.3 is 0 Å². The molecule has 0 aromatic heterocycles. The van der Waals surface area contributed by atoms with Gasteiger partial charge in [-0.3, -0.25) is 4.79 Å². The Morgan fingerprint density at radius 1 is 1.24 bits per heavy atom. The number of hydrogen-bond donors (Lipinski definition) is 2. The van der Waals surface area contributed by atoms with E-state index in [0.717, 1.165) is 12.8 Å². The Balaban J connectivity index is 0.00000220. The van der Waals surface area contributed by atoms with Crippen LogP contribution in [0.15, 0.2) is 0 Å². The first kappa shape index (κ1) is 18.7. The number of nitrogens with two attached hydrogens (primary N) is 1. The number of nitrogens with zero attached hydrogens (tertiary/aromatic N) is 1. The van der Waals surface area contributed by atoms with Gasteiger partial charge in [-0.1, -0.05) is 19.3 Å². The zero-order valence-electron chi connectivity index (χ0n) is 12.3. The maximum atomic E-state index is 12.0. The molecular weight excluding hydrogens is 314 g/mol. The second-order valence-corrected chi connectivity index (χ2v) is 7.90. The Hall–Kier alpha value is -0.370. The second kappa shape index (κ2) is 8.31. The van der Waals surface area contributed by atoms with Crippen molar-refractivity contribution in [1.82, 2.24) is 9.62 Å². The molecule has 2 aliphatic rings. The topological polar surface area (TPSA) is 92.5 Å². The van der Waals surface area contributed by atoms with Crippen molar-refractivity contribution in [3.8, 4) is 0 Å². The highest BCUT2D eigenvalue weighted by molar-refractivity contribution is 7.89. The van der Waals surface area contributed by atoms with Crippen LogP contribution in [0.4, 0.5) is 0 Å². The summed E-state index contributed by atoms with van der Waals surface area (Å²) in [6, 6.07) is -0.0203.